The molecule has 2 aliphatic rings. The number of nitrogens with zero attached hydrogens (tertiary/aromatic N) is 1. The molecule has 21 heavy (non-hydrogen) atoms. The first-order valence-electron chi connectivity index (χ1n) is 8.02. The van der Waals surface area contributed by atoms with Crippen molar-refractivity contribution in [1.29, 1.82) is 0 Å². The molecule has 2 rings (SSSR count). The van der Waals surface area contributed by atoms with Crippen LogP contribution >= 0.6 is 0 Å². The van der Waals surface area contributed by atoms with Crippen molar-refractivity contribution in [2.75, 3.05) is 31.9 Å². The first-order chi connectivity index (χ1) is 10.0. The maximum Gasteiger partial charge on any atom is 0.237 e. The Morgan fingerprint density at radius 1 is 1.24 bits per heavy atom. The summed E-state index contributed by atoms with van der Waals surface area (Å²) in [7, 11) is -3.12. The Balaban J connectivity index is 1.68. The standard InChI is InChI=1S/C14H27N3O3S/c1-2-21(19,20)16-9-5-8-15-14(18)13(12-6-7-12)17-10-3-4-11-17/h12-13,16H,2-11H2,1H3,(H,15,18)/t13-/m1/s1. The van der Waals surface area contributed by atoms with Crippen LogP contribution in [0, 0.1) is 5.92 Å². The van der Waals surface area contributed by atoms with E-state index in [-0.39, 0.29) is 17.7 Å². The Labute approximate surface area is 127 Å². The molecule has 0 spiro atoms. The van der Waals surface area contributed by atoms with Crippen molar-refractivity contribution in [3.63, 3.8) is 0 Å². The van der Waals surface area contributed by atoms with Gasteiger partial charge in [0.15, 0.2) is 0 Å². The highest BCUT2D eigenvalue weighted by molar-refractivity contribution is 7.89. The average molecular weight is 317 g/mol. The fraction of sp³-hybridized carbons (Fsp3) is 0.929. The van der Waals surface area contributed by atoms with Crippen molar-refractivity contribution in [3.05, 3.63) is 0 Å². The molecule has 0 aromatic heterocycles. The third kappa shape index (κ3) is 5.23. The largest absolute Gasteiger partial charge is 0.355 e. The van der Waals surface area contributed by atoms with Crippen molar-refractivity contribution < 1.29 is 13.2 Å². The van der Waals surface area contributed by atoms with Crippen LogP contribution in [0.2, 0.25) is 0 Å². The molecular weight excluding hydrogens is 290 g/mol. The van der Waals surface area contributed by atoms with Crippen LogP contribution in [0.25, 0.3) is 0 Å². The molecular formula is C14H27N3O3S. The second kappa shape index (κ2) is 7.56. The quantitative estimate of drug-likeness (QED) is 0.600. The Morgan fingerprint density at radius 3 is 2.48 bits per heavy atom. The third-order valence-corrected chi connectivity index (χ3v) is 5.63. The number of hydrogen-bond donors (Lipinski definition) is 2. The molecule has 1 aliphatic heterocycles. The van der Waals surface area contributed by atoms with Gasteiger partial charge in [-0.3, -0.25) is 9.69 Å². The van der Waals surface area contributed by atoms with Crippen molar-refractivity contribution in [3.8, 4) is 0 Å². The molecule has 0 bridgehead atoms. The summed E-state index contributed by atoms with van der Waals surface area (Å²) in [4.78, 5) is 14.6. The van der Waals surface area contributed by atoms with E-state index >= 15 is 0 Å². The molecule has 1 heterocycles. The maximum absolute atomic E-state index is 12.3. The molecule has 6 nitrogen and oxygen atoms in total. The first kappa shape index (κ1) is 16.7. The Kier molecular flexibility index (Phi) is 6.01. The molecule has 122 valence electrons. The molecule has 0 aromatic rings. The van der Waals surface area contributed by atoms with Gasteiger partial charge in [-0.1, -0.05) is 0 Å². The number of sulfonamides is 1. The lowest BCUT2D eigenvalue weighted by molar-refractivity contribution is -0.126. The molecule has 0 unspecified atom stereocenters. The van der Waals surface area contributed by atoms with Crippen LogP contribution in [0.5, 0.6) is 0 Å². The van der Waals surface area contributed by atoms with Crippen LogP contribution in [-0.2, 0) is 14.8 Å². The summed E-state index contributed by atoms with van der Waals surface area (Å²) in [5, 5.41) is 2.97. The Bertz CT molecular complexity index is 442. The van der Waals surface area contributed by atoms with Crippen LogP contribution in [-0.4, -0.2) is 57.2 Å². The Morgan fingerprint density at radius 2 is 1.90 bits per heavy atom. The van der Waals surface area contributed by atoms with Crippen LogP contribution in [0.15, 0.2) is 0 Å². The second-order valence-electron chi connectivity index (χ2n) is 5.97. The molecule has 1 aliphatic carbocycles. The van der Waals surface area contributed by atoms with Gasteiger partial charge in [-0.05, 0) is 58.0 Å². The van der Waals surface area contributed by atoms with E-state index in [9.17, 15) is 13.2 Å². The number of nitrogens with one attached hydrogen (secondary N) is 2. The van der Waals surface area contributed by atoms with Gasteiger partial charge in [0.25, 0.3) is 0 Å². The first-order valence-corrected chi connectivity index (χ1v) is 9.68. The van der Waals surface area contributed by atoms with Gasteiger partial charge in [0, 0.05) is 13.1 Å². The molecule has 0 radical (unpaired) electrons. The average Bonchev–Trinajstić information content (AvgIpc) is 3.13. The van der Waals surface area contributed by atoms with Gasteiger partial charge in [-0.15, -0.1) is 0 Å². The zero-order chi connectivity index (χ0) is 15.3. The topological polar surface area (TPSA) is 78.5 Å². The van der Waals surface area contributed by atoms with E-state index in [1.165, 1.54) is 12.8 Å². The SMILES string of the molecule is CCS(=O)(=O)NCCCNC(=O)[C@@H](C1CC1)N1CCCC1. The monoisotopic (exact) mass is 317 g/mol. The summed E-state index contributed by atoms with van der Waals surface area (Å²) in [6.45, 7) is 4.59. The number of hydrogen-bond acceptors (Lipinski definition) is 4. The van der Waals surface area contributed by atoms with Gasteiger partial charge in [0.05, 0.1) is 11.8 Å². The van der Waals surface area contributed by atoms with E-state index in [4.69, 9.17) is 0 Å². The lowest BCUT2D eigenvalue weighted by Crippen LogP contribution is -2.47. The van der Waals surface area contributed by atoms with Gasteiger partial charge in [0.1, 0.15) is 0 Å². The van der Waals surface area contributed by atoms with Crippen molar-refractivity contribution >= 4 is 15.9 Å². The minimum Gasteiger partial charge on any atom is -0.355 e. The lowest BCUT2D eigenvalue weighted by Gasteiger charge is -2.26. The fourth-order valence-corrected chi connectivity index (χ4v) is 3.50. The van der Waals surface area contributed by atoms with Crippen molar-refractivity contribution in [1.82, 2.24) is 14.9 Å². The summed E-state index contributed by atoms with van der Waals surface area (Å²) in [5.41, 5.74) is 0. The van der Waals surface area contributed by atoms with Crippen molar-refractivity contribution in [2.45, 2.75) is 45.1 Å². The number of amides is 1. The molecule has 1 amide bonds. The van der Waals surface area contributed by atoms with Crippen molar-refractivity contribution in [2.24, 2.45) is 5.92 Å². The van der Waals surface area contributed by atoms with E-state index in [0.29, 0.717) is 25.4 Å². The highest BCUT2D eigenvalue weighted by Crippen LogP contribution is 2.36. The summed E-state index contributed by atoms with van der Waals surface area (Å²) in [6.07, 6.45) is 5.32. The van der Waals surface area contributed by atoms with Gasteiger partial charge in [-0.25, -0.2) is 13.1 Å². The summed E-state index contributed by atoms with van der Waals surface area (Å²) >= 11 is 0. The number of likely N-dealkylation sites (tertiary alicyclic amines) is 1. The molecule has 1 saturated carbocycles. The van der Waals surface area contributed by atoms with E-state index in [2.05, 4.69) is 14.9 Å². The zero-order valence-corrected chi connectivity index (χ0v) is 13.6. The predicted molar refractivity (Wildman–Crippen MR) is 82.4 cm³/mol. The number of carbonyl (C=O) groups is 1. The lowest BCUT2D eigenvalue weighted by atomic mass is 10.1. The van der Waals surface area contributed by atoms with Crippen LogP contribution < -0.4 is 10.0 Å². The number of carbonyl (C=O) groups excluding carboxylic acids is 1. The third-order valence-electron chi connectivity index (χ3n) is 4.23. The second-order valence-corrected chi connectivity index (χ2v) is 8.06. The molecule has 2 fully saturated rings. The zero-order valence-electron chi connectivity index (χ0n) is 12.8. The van der Waals surface area contributed by atoms with Gasteiger partial charge >= 0.3 is 0 Å². The van der Waals surface area contributed by atoms with E-state index in [1.54, 1.807) is 6.92 Å². The molecule has 2 N–H and O–H groups in total. The smallest absolute Gasteiger partial charge is 0.237 e. The predicted octanol–water partition coefficient (Wildman–Crippen LogP) is 0.306. The minimum absolute atomic E-state index is 0.0415. The van der Waals surface area contributed by atoms with E-state index < -0.39 is 10.0 Å². The highest BCUT2D eigenvalue weighted by Gasteiger charge is 2.40. The minimum atomic E-state index is -3.12. The normalized spacial score (nSPS) is 21.4. The van der Waals surface area contributed by atoms with E-state index in [0.717, 1.165) is 25.9 Å². The van der Waals surface area contributed by atoms with Crippen LogP contribution in [0.3, 0.4) is 0 Å². The summed E-state index contributed by atoms with van der Waals surface area (Å²) in [6, 6.07) is 0.0415. The molecule has 0 aromatic carbocycles. The van der Waals surface area contributed by atoms with Gasteiger partial charge in [0.2, 0.25) is 15.9 Å². The number of rotatable bonds is 9. The highest BCUT2D eigenvalue weighted by atomic mass is 32.2. The molecule has 1 saturated heterocycles. The summed E-state index contributed by atoms with van der Waals surface area (Å²) < 4.78 is 25.1. The van der Waals surface area contributed by atoms with E-state index in [1.807, 2.05) is 0 Å². The summed E-state index contributed by atoms with van der Waals surface area (Å²) in [5.74, 6) is 0.748. The van der Waals surface area contributed by atoms with Gasteiger partial charge in [-0.2, -0.15) is 0 Å². The molecule has 1 atom stereocenters. The van der Waals surface area contributed by atoms with Crippen LogP contribution in [0.4, 0.5) is 0 Å². The Hall–Kier alpha value is -0.660. The molecule has 7 heteroatoms. The maximum atomic E-state index is 12.3. The van der Waals surface area contributed by atoms with Gasteiger partial charge < -0.3 is 5.32 Å². The fourth-order valence-electron chi connectivity index (χ4n) is 2.84. The van der Waals surface area contributed by atoms with Crippen LogP contribution in [0.1, 0.15) is 39.0 Å².